The van der Waals surface area contributed by atoms with Crippen LogP contribution in [0.1, 0.15) is 29.0 Å². The van der Waals surface area contributed by atoms with Crippen LogP contribution in [0.3, 0.4) is 0 Å². The number of aromatic nitrogens is 2. The Morgan fingerprint density at radius 2 is 1.71 bits per heavy atom. The predicted molar refractivity (Wildman–Crippen MR) is 145 cm³/mol. The molecule has 0 spiro atoms. The van der Waals surface area contributed by atoms with Gasteiger partial charge in [-0.05, 0) is 48.2 Å². The zero-order valence-corrected chi connectivity index (χ0v) is 21.8. The molecule has 7 nitrogen and oxygen atoms in total. The highest BCUT2D eigenvalue weighted by Gasteiger charge is 2.45. The van der Waals surface area contributed by atoms with Crippen LogP contribution in [0.25, 0.3) is 11.3 Å². The van der Waals surface area contributed by atoms with Crippen LogP contribution in [0.15, 0.2) is 84.5 Å². The van der Waals surface area contributed by atoms with Crippen molar-refractivity contribution in [2.24, 2.45) is 5.41 Å². The molecule has 1 amide bonds. The van der Waals surface area contributed by atoms with Crippen molar-refractivity contribution in [1.82, 2.24) is 10.3 Å². The molecule has 1 aliphatic rings. The number of ether oxygens (including phenoxy) is 1. The van der Waals surface area contributed by atoms with Gasteiger partial charge in [0.05, 0.1) is 30.7 Å². The summed E-state index contributed by atoms with van der Waals surface area (Å²) in [6.45, 7) is 1.81. The van der Waals surface area contributed by atoms with Gasteiger partial charge in [0.2, 0.25) is 5.91 Å². The normalized spacial score (nSPS) is 13.6. The molecule has 2 heterocycles. The SMILES string of the molecule is O=C(O)CC1(C(=O)NCc2nc(-c3ccc(OCCC[n+]4ccccc4)cc3)cs2)Cc2ccccc2C1. The summed E-state index contributed by atoms with van der Waals surface area (Å²) in [6.07, 6.45) is 5.68. The van der Waals surface area contributed by atoms with Crippen molar-refractivity contribution in [2.75, 3.05) is 6.61 Å². The number of fused-ring (bicyclic) bond motifs is 1. The van der Waals surface area contributed by atoms with Crippen molar-refractivity contribution in [2.45, 2.75) is 38.8 Å². The molecule has 5 rings (SSSR count). The minimum Gasteiger partial charge on any atom is -0.493 e. The number of thiazole rings is 1. The number of carboxylic acids is 1. The molecule has 8 heteroatoms. The molecule has 38 heavy (non-hydrogen) atoms. The summed E-state index contributed by atoms with van der Waals surface area (Å²) in [6, 6.07) is 21.7. The zero-order chi connectivity index (χ0) is 26.4. The Balaban J connectivity index is 1.14. The number of hydrogen-bond acceptors (Lipinski definition) is 5. The molecule has 0 radical (unpaired) electrons. The molecule has 0 bridgehead atoms. The van der Waals surface area contributed by atoms with Crippen molar-refractivity contribution >= 4 is 23.2 Å². The van der Waals surface area contributed by atoms with Gasteiger partial charge >= 0.3 is 5.97 Å². The maximum atomic E-state index is 13.2. The topological polar surface area (TPSA) is 92.4 Å². The summed E-state index contributed by atoms with van der Waals surface area (Å²) in [4.78, 5) is 29.5. The van der Waals surface area contributed by atoms with E-state index in [4.69, 9.17) is 4.74 Å². The van der Waals surface area contributed by atoms with Crippen molar-refractivity contribution in [3.8, 4) is 17.0 Å². The lowest BCUT2D eigenvalue weighted by molar-refractivity contribution is -0.697. The van der Waals surface area contributed by atoms with Gasteiger partial charge in [-0.15, -0.1) is 11.3 Å². The third-order valence-electron chi connectivity index (χ3n) is 6.86. The number of carbonyl (C=O) groups excluding carboxylic acids is 1. The summed E-state index contributed by atoms with van der Waals surface area (Å²) >= 11 is 1.47. The third kappa shape index (κ3) is 6.08. The number of pyridine rings is 1. The number of nitrogens with one attached hydrogen (secondary N) is 1. The van der Waals surface area contributed by atoms with Crippen LogP contribution >= 0.6 is 11.3 Å². The number of rotatable bonds is 11. The van der Waals surface area contributed by atoms with E-state index in [0.717, 1.165) is 46.1 Å². The zero-order valence-electron chi connectivity index (χ0n) is 21.0. The van der Waals surface area contributed by atoms with E-state index in [0.29, 0.717) is 19.4 Å². The molecule has 0 unspecified atom stereocenters. The van der Waals surface area contributed by atoms with Gasteiger partial charge in [-0.25, -0.2) is 9.55 Å². The smallest absolute Gasteiger partial charge is 0.304 e. The van der Waals surface area contributed by atoms with E-state index in [9.17, 15) is 14.7 Å². The van der Waals surface area contributed by atoms with E-state index in [-0.39, 0.29) is 18.9 Å². The molecule has 0 saturated heterocycles. The fraction of sp³-hybridized carbons (Fsp3) is 0.267. The average Bonchev–Trinajstić information content (AvgIpc) is 3.55. The Morgan fingerprint density at radius 1 is 1.00 bits per heavy atom. The Labute approximate surface area is 225 Å². The van der Waals surface area contributed by atoms with E-state index >= 15 is 0 Å². The Bertz CT molecular complexity index is 1380. The molecule has 2 N–H and O–H groups in total. The number of aliphatic carboxylic acids is 1. The van der Waals surface area contributed by atoms with Crippen LogP contribution in [0.4, 0.5) is 0 Å². The van der Waals surface area contributed by atoms with Crippen LogP contribution in [0.2, 0.25) is 0 Å². The van der Waals surface area contributed by atoms with Crippen molar-refractivity contribution < 1.29 is 24.0 Å². The Kier molecular flexibility index (Phi) is 7.79. The van der Waals surface area contributed by atoms with Gasteiger partial charge in [-0.2, -0.15) is 0 Å². The molecule has 194 valence electrons. The third-order valence-corrected chi connectivity index (χ3v) is 7.70. The van der Waals surface area contributed by atoms with Crippen LogP contribution < -0.4 is 14.6 Å². The second-order valence-corrected chi connectivity index (χ2v) is 10.6. The molecule has 4 aromatic rings. The molecule has 1 aliphatic carbocycles. The predicted octanol–water partition coefficient (Wildman–Crippen LogP) is 4.44. The monoisotopic (exact) mass is 528 g/mol. The van der Waals surface area contributed by atoms with Gasteiger partial charge in [0, 0.05) is 29.5 Å². The number of amides is 1. The lowest BCUT2D eigenvalue weighted by Gasteiger charge is -2.25. The van der Waals surface area contributed by atoms with Crippen molar-refractivity contribution in [1.29, 1.82) is 0 Å². The number of aryl methyl sites for hydroxylation is 1. The summed E-state index contributed by atoms with van der Waals surface area (Å²) in [5.41, 5.74) is 2.93. The minimum atomic E-state index is -0.967. The van der Waals surface area contributed by atoms with Crippen LogP contribution in [0, 0.1) is 5.41 Å². The van der Waals surface area contributed by atoms with Crippen LogP contribution in [0.5, 0.6) is 5.75 Å². The number of benzene rings is 2. The number of hydrogen-bond donors (Lipinski definition) is 2. The fourth-order valence-corrected chi connectivity index (χ4v) is 5.70. The van der Waals surface area contributed by atoms with Gasteiger partial charge in [0.1, 0.15) is 10.8 Å². The molecule has 0 aliphatic heterocycles. The maximum Gasteiger partial charge on any atom is 0.304 e. The van der Waals surface area contributed by atoms with Gasteiger partial charge in [-0.1, -0.05) is 30.3 Å². The van der Waals surface area contributed by atoms with E-state index in [1.54, 1.807) is 0 Å². The first kappa shape index (κ1) is 25.6. The maximum absolute atomic E-state index is 13.2. The number of carboxylic acid groups (broad SMARTS) is 1. The Hall–Kier alpha value is -4.04. The number of nitrogens with zero attached hydrogens (tertiary/aromatic N) is 2. The molecule has 2 aromatic heterocycles. The lowest BCUT2D eigenvalue weighted by atomic mass is 9.80. The van der Waals surface area contributed by atoms with E-state index < -0.39 is 11.4 Å². The minimum absolute atomic E-state index is 0.198. The second-order valence-electron chi connectivity index (χ2n) is 9.62. The molecule has 0 saturated carbocycles. The first-order valence-electron chi connectivity index (χ1n) is 12.7. The van der Waals surface area contributed by atoms with E-state index in [2.05, 4.69) is 14.9 Å². The molecular formula is C30H30N3O4S+. The lowest BCUT2D eigenvalue weighted by Crippen LogP contribution is -2.43. The van der Waals surface area contributed by atoms with E-state index in [1.165, 1.54) is 11.3 Å². The molecule has 0 fully saturated rings. The van der Waals surface area contributed by atoms with Gasteiger partial charge in [0.25, 0.3) is 0 Å². The second kappa shape index (κ2) is 11.6. The van der Waals surface area contributed by atoms with Crippen LogP contribution in [-0.2, 0) is 35.5 Å². The van der Waals surface area contributed by atoms with Crippen molar-refractivity contribution in [3.63, 3.8) is 0 Å². The largest absolute Gasteiger partial charge is 0.493 e. The van der Waals surface area contributed by atoms with Gasteiger partial charge in [0.15, 0.2) is 18.9 Å². The Morgan fingerprint density at radius 3 is 2.39 bits per heavy atom. The molecular weight excluding hydrogens is 498 g/mol. The summed E-state index contributed by atoms with van der Waals surface area (Å²) in [7, 11) is 0. The average molecular weight is 529 g/mol. The standard InChI is InChI=1S/C30H29N3O4S/c34-28(35)19-30(17-23-7-2-3-8-24(23)18-30)29(36)31-20-27-32-26(21-38-27)22-9-11-25(12-10-22)37-16-6-15-33-13-4-1-5-14-33/h1-5,7-14,21H,6,15-20H2,(H-,31,34,35,36)/p+1. The highest BCUT2D eigenvalue weighted by molar-refractivity contribution is 7.09. The number of carbonyl (C=O) groups is 2. The molecule has 0 atom stereocenters. The fourth-order valence-electron chi connectivity index (χ4n) is 4.96. The first-order valence-corrected chi connectivity index (χ1v) is 13.6. The molecule has 2 aromatic carbocycles. The highest BCUT2D eigenvalue weighted by Crippen LogP contribution is 2.40. The first-order chi connectivity index (χ1) is 18.5. The quantitative estimate of drug-likeness (QED) is 0.222. The van der Waals surface area contributed by atoms with Gasteiger partial charge in [-0.3, -0.25) is 9.59 Å². The summed E-state index contributed by atoms with van der Waals surface area (Å²) in [5.74, 6) is -0.386. The summed E-state index contributed by atoms with van der Waals surface area (Å²) < 4.78 is 8.01. The highest BCUT2D eigenvalue weighted by atomic mass is 32.1. The summed E-state index contributed by atoms with van der Waals surface area (Å²) in [5, 5.41) is 15.2. The van der Waals surface area contributed by atoms with Crippen molar-refractivity contribution in [3.05, 3.63) is 101 Å². The van der Waals surface area contributed by atoms with Crippen LogP contribution in [-0.4, -0.2) is 28.6 Å². The van der Waals surface area contributed by atoms with E-state index in [1.807, 2.05) is 84.5 Å². The van der Waals surface area contributed by atoms with Gasteiger partial charge < -0.3 is 15.2 Å².